The lowest BCUT2D eigenvalue weighted by Gasteiger charge is -2.48. The van der Waals surface area contributed by atoms with Gasteiger partial charge in [0.15, 0.2) is 6.04 Å². The summed E-state index contributed by atoms with van der Waals surface area (Å²) in [5, 5.41) is 12.3. The number of rotatable bonds is 3. The van der Waals surface area contributed by atoms with Crippen molar-refractivity contribution in [1.82, 2.24) is 10.2 Å². The monoisotopic (exact) mass is 282 g/mol. The van der Waals surface area contributed by atoms with E-state index in [1.54, 1.807) is 6.92 Å². The molecule has 7 heteroatoms. The van der Waals surface area contributed by atoms with E-state index < -0.39 is 12.0 Å². The molecule has 19 heavy (non-hydrogen) atoms. The van der Waals surface area contributed by atoms with Gasteiger partial charge in [0.05, 0.1) is 16.8 Å². The number of carbonyl (C=O) groups excluding carboxylic acids is 2. The minimum absolute atomic E-state index is 0.189. The molecule has 2 amide bonds. The molecule has 0 aromatic rings. The van der Waals surface area contributed by atoms with Gasteiger partial charge < -0.3 is 15.3 Å². The predicted octanol–water partition coefficient (Wildman–Crippen LogP) is 0.669. The molecule has 0 aromatic heterocycles. The second-order valence-corrected chi connectivity index (χ2v) is 5.71. The average molecular weight is 282 g/mol. The SMILES string of the molecule is C=C(C)C1=C(NC(C)=O)S[C@@H]2CC(=O)N2C1C(=O)O. The molecule has 2 N–H and O–H groups in total. The molecule has 102 valence electrons. The molecule has 1 fully saturated rings. The maximum absolute atomic E-state index is 11.6. The summed E-state index contributed by atoms with van der Waals surface area (Å²) in [5.74, 6) is -1.57. The molecule has 6 nitrogen and oxygen atoms in total. The van der Waals surface area contributed by atoms with Gasteiger partial charge in [-0.25, -0.2) is 4.79 Å². The minimum atomic E-state index is -1.11. The van der Waals surface area contributed by atoms with Crippen LogP contribution in [0.25, 0.3) is 0 Å². The fourth-order valence-corrected chi connectivity index (χ4v) is 3.67. The number of nitrogens with one attached hydrogen (secondary N) is 1. The predicted molar refractivity (Wildman–Crippen MR) is 69.9 cm³/mol. The fourth-order valence-electron chi connectivity index (χ4n) is 2.20. The van der Waals surface area contributed by atoms with Gasteiger partial charge in [-0.2, -0.15) is 0 Å². The highest BCUT2D eigenvalue weighted by Crippen LogP contribution is 2.44. The van der Waals surface area contributed by atoms with E-state index in [0.717, 1.165) is 0 Å². The smallest absolute Gasteiger partial charge is 0.331 e. The van der Waals surface area contributed by atoms with E-state index in [1.807, 2.05) is 0 Å². The zero-order chi connectivity index (χ0) is 14.3. The Bertz CT molecular complexity index is 526. The maximum Gasteiger partial charge on any atom is 0.331 e. The molecule has 0 radical (unpaired) electrons. The molecule has 1 unspecified atom stereocenters. The molecule has 1 saturated heterocycles. The number of carboxylic acid groups (broad SMARTS) is 1. The number of β-lactam (4-membered cyclic amide) rings is 1. The summed E-state index contributed by atoms with van der Waals surface area (Å²) < 4.78 is 0. The Labute approximate surface area is 114 Å². The van der Waals surface area contributed by atoms with Crippen molar-refractivity contribution < 1.29 is 19.5 Å². The Balaban J connectivity index is 2.49. The second-order valence-electron chi connectivity index (χ2n) is 4.52. The molecule has 2 aliphatic heterocycles. The summed E-state index contributed by atoms with van der Waals surface area (Å²) in [6, 6.07) is -1.06. The van der Waals surface area contributed by atoms with E-state index in [1.165, 1.54) is 23.6 Å². The van der Waals surface area contributed by atoms with Gasteiger partial charge in [-0.05, 0) is 12.5 Å². The van der Waals surface area contributed by atoms with Crippen LogP contribution in [0.3, 0.4) is 0 Å². The first-order valence-electron chi connectivity index (χ1n) is 5.71. The molecule has 0 spiro atoms. The Kier molecular flexibility index (Phi) is 3.40. The van der Waals surface area contributed by atoms with Crippen molar-refractivity contribution in [2.45, 2.75) is 31.7 Å². The summed E-state index contributed by atoms with van der Waals surface area (Å²) >= 11 is 1.30. The van der Waals surface area contributed by atoms with Gasteiger partial charge in [0.2, 0.25) is 11.8 Å². The molecule has 0 bridgehead atoms. The van der Waals surface area contributed by atoms with Gasteiger partial charge >= 0.3 is 5.97 Å². The van der Waals surface area contributed by atoms with E-state index in [4.69, 9.17) is 0 Å². The molecular weight excluding hydrogens is 268 g/mol. The number of hydrogen-bond donors (Lipinski definition) is 2. The van der Waals surface area contributed by atoms with Gasteiger partial charge in [0.25, 0.3) is 0 Å². The largest absolute Gasteiger partial charge is 0.479 e. The van der Waals surface area contributed by atoms with Crippen molar-refractivity contribution in [3.63, 3.8) is 0 Å². The van der Waals surface area contributed by atoms with Crippen LogP contribution in [0.15, 0.2) is 22.8 Å². The van der Waals surface area contributed by atoms with Crippen LogP contribution in [0.4, 0.5) is 0 Å². The first-order chi connectivity index (χ1) is 8.82. The van der Waals surface area contributed by atoms with Crippen LogP contribution in [0.1, 0.15) is 20.3 Å². The van der Waals surface area contributed by atoms with Crippen LogP contribution in [0.5, 0.6) is 0 Å². The van der Waals surface area contributed by atoms with Crippen LogP contribution in [0.2, 0.25) is 0 Å². The number of carbonyl (C=O) groups is 3. The first kappa shape index (κ1) is 13.7. The lowest BCUT2D eigenvalue weighted by atomic mass is 9.96. The topological polar surface area (TPSA) is 86.7 Å². The summed E-state index contributed by atoms with van der Waals surface area (Å²) in [7, 11) is 0. The van der Waals surface area contributed by atoms with Crippen LogP contribution >= 0.6 is 11.8 Å². The molecule has 0 aromatic carbocycles. The third-order valence-corrected chi connectivity index (χ3v) is 4.20. The zero-order valence-electron chi connectivity index (χ0n) is 10.6. The summed E-state index contributed by atoms with van der Waals surface area (Å²) in [6.45, 7) is 6.78. The molecule has 2 aliphatic rings. The number of aliphatic carboxylic acids is 1. The van der Waals surface area contributed by atoms with Crippen molar-refractivity contribution in [3.05, 3.63) is 22.8 Å². The van der Waals surface area contributed by atoms with E-state index in [0.29, 0.717) is 22.6 Å². The molecule has 2 heterocycles. The summed E-state index contributed by atoms with van der Waals surface area (Å²) in [4.78, 5) is 35.6. The van der Waals surface area contributed by atoms with Crippen molar-refractivity contribution >= 4 is 29.5 Å². The Morgan fingerprint density at radius 2 is 2.11 bits per heavy atom. The molecule has 2 atom stereocenters. The molecule has 2 rings (SSSR count). The van der Waals surface area contributed by atoms with Gasteiger partial charge in [-0.1, -0.05) is 18.3 Å². The van der Waals surface area contributed by atoms with Gasteiger partial charge in [-0.3, -0.25) is 9.59 Å². The first-order valence-corrected chi connectivity index (χ1v) is 6.59. The minimum Gasteiger partial charge on any atom is -0.479 e. The van der Waals surface area contributed by atoms with Crippen LogP contribution in [-0.4, -0.2) is 39.2 Å². The molecule has 0 saturated carbocycles. The van der Waals surface area contributed by atoms with Crippen molar-refractivity contribution in [2.24, 2.45) is 0 Å². The number of thioether (sulfide) groups is 1. The number of hydrogen-bond acceptors (Lipinski definition) is 4. The summed E-state index contributed by atoms with van der Waals surface area (Å²) in [5.41, 5.74) is 0.929. The zero-order valence-corrected chi connectivity index (χ0v) is 11.4. The standard InChI is InChI=1S/C12H14N2O4S/c1-5(2)9-10(12(17)18)14-7(16)4-8(14)19-11(9)13-6(3)15/h8,10H,1,4H2,2-3H3,(H,13,15)(H,17,18)/t8-,10?/m1/s1. The van der Waals surface area contributed by atoms with Crippen LogP contribution in [0, 0.1) is 0 Å². The molecular formula is C12H14N2O4S. The van der Waals surface area contributed by atoms with Crippen LogP contribution < -0.4 is 5.32 Å². The van der Waals surface area contributed by atoms with E-state index in [2.05, 4.69) is 11.9 Å². The second kappa shape index (κ2) is 4.73. The normalized spacial score (nSPS) is 25.6. The highest BCUT2D eigenvalue weighted by Gasteiger charge is 2.50. The lowest BCUT2D eigenvalue weighted by Crippen LogP contribution is -2.61. The van der Waals surface area contributed by atoms with E-state index in [-0.39, 0.29) is 17.2 Å². The molecule has 0 aliphatic carbocycles. The van der Waals surface area contributed by atoms with Crippen molar-refractivity contribution in [1.29, 1.82) is 0 Å². The van der Waals surface area contributed by atoms with E-state index >= 15 is 0 Å². The van der Waals surface area contributed by atoms with Gasteiger partial charge in [0.1, 0.15) is 0 Å². The van der Waals surface area contributed by atoms with Gasteiger partial charge in [0, 0.05) is 12.5 Å². The highest BCUT2D eigenvalue weighted by molar-refractivity contribution is 8.03. The number of nitrogens with zero attached hydrogens (tertiary/aromatic N) is 1. The number of amides is 2. The Morgan fingerprint density at radius 1 is 1.47 bits per heavy atom. The maximum atomic E-state index is 11.6. The van der Waals surface area contributed by atoms with Gasteiger partial charge in [-0.15, -0.1) is 0 Å². The summed E-state index contributed by atoms with van der Waals surface area (Å²) in [6.07, 6.45) is 0.293. The van der Waals surface area contributed by atoms with Crippen molar-refractivity contribution in [2.75, 3.05) is 0 Å². The third kappa shape index (κ3) is 2.25. The highest BCUT2D eigenvalue weighted by atomic mass is 32.2. The quantitative estimate of drug-likeness (QED) is 0.743. The number of carboxylic acids is 1. The fraction of sp³-hybridized carbons (Fsp3) is 0.417. The Morgan fingerprint density at radius 3 is 2.53 bits per heavy atom. The van der Waals surface area contributed by atoms with E-state index in [9.17, 15) is 19.5 Å². The Hall–Kier alpha value is -1.76. The third-order valence-electron chi connectivity index (χ3n) is 2.98. The number of fused-ring (bicyclic) bond motifs is 1. The van der Waals surface area contributed by atoms with Crippen LogP contribution in [-0.2, 0) is 14.4 Å². The average Bonchev–Trinajstić information content (AvgIpc) is 2.25. The van der Waals surface area contributed by atoms with Crippen molar-refractivity contribution in [3.8, 4) is 0 Å². The lowest BCUT2D eigenvalue weighted by molar-refractivity contribution is -0.156.